The van der Waals surface area contributed by atoms with E-state index in [2.05, 4.69) is 5.32 Å². The van der Waals surface area contributed by atoms with Crippen molar-refractivity contribution in [1.29, 1.82) is 5.26 Å². The lowest BCUT2D eigenvalue weighted by molar-refractivity contribution is 0.0871. The quantitative estimate of drug-likeness (QED) is 0.609. The zero-order valence-electron chi connectivity index (χ0n) is 10.7. The maximum Gasteiger partial charge on any atom is 0.171 e. The predicted octanol–water partition coefficient (Wildman–Crippen LogP) is 2.24. The van der Waals surface area contributed by atoms with Gasteiger partial charge in [0.25, 0.3) is 0 Å². The number of anilines is 2. The monoisotopic (exact) mass is 267 g/mol. The van der Waals surface area contributed by atoms with Gasteiger partial charge in [-0.1, -0.05) is 0 Å². The number of ether oxygens (including phenoxy) is 1. The molecule has 5 nitrogen and oxygen atoms in total. The van der Waals surface area contributed by atoms with Gasteiger partial charge in [0.2, 0.25) is 0 Å². The van der Waals surface area contributed by atoms with Gasteiger partial charge in [0, 0.05) is 13.5 Å². The van der Waals surface area contributed by atoms with Crippen LogP contribution < -0.4 is 11.1 Å². The van der Waals surface area contributed by atoms with Gasteiger partial charge < -0.3 is 15.8 Å². The number of nitrogens with two attached hydrogens (primary N) is 1. The zero-order chi connectivity index (χ0) is 13.7. The minimum absolute atomic E-state index is 0.125. The molecule has 0 fully saturated rings. The number of rotatable bonds is 6. The molecule has 1 heterocycles. The standard InChI is InChI=1S/C12H17N3O2S/c1-7(2)17-5-4-15-12-9(6-13)10(14)11(18-12)8(3)16/h7,15H,4-5,14H2,1-3H3. The lowest BCUT2D eigenvalue weighted by Crippen LogP contribution is -2.13. The number of carbonyl (C=O) groups excluding carboxylic acids is 1. The first-order valence-electron chi connectivity index (χ1n) is 5.66. The number of nitrogens with one attached hydrogen (secondary N) is 1. The predicted molar refractivity (Wildman–Crippen MR) is 73.0 cm³/mol. The molecular weight excluding hydrogens is 250 g/mol. The highest BCUT2D eigenvalue weighted by Crippen LogP contribution is 2.35. The van der Waals surface area contributed by atoms with Crippen LogP contribution in [-0.4, -0.2) is 25.0 Å². The molecule has 0 saturated carbocycles. The zero-order valence-corrected chi connectivity index (χ0v) is 11.6. The van der Waals surface area contributed by atoms with E-state index < -0.39 is 0 Å². The molecule has 0 aliphatic heterocycles. The fourth-order valence-electron chi connectivity index (χ4n) is 1.40. The summed E-state index contributed by atoms with van der Waals surface area (Å²) in [6.07, 6.45) is 0.170. The molecule has 1 aromatic heterocycles. The molecule has 0 amide bonds. The highest BCUT2D eigenvalue weighted by molar-refractivity contribution is 7.18. The molecule has 0 aliphatic rings. The largest absolute Gasteiger partial charge is 0.396 e. The van der Waals surface area contributed by atoms with Crippen LogP contribution in [0.2, 0.25) is 0 Å². The SMILES string of the molecule is CC(=O)c1sc(NCCOC(C)C)c(C#N)c1N. The summed E-state index contributed by atoms with van der Waals surface area (Å²) in [4.78, 5) is 11.8. The Balaban J connectivity index is 2.74. The van der Waals surface area contributed by atoms with Crippen molar-refractivity contribution in [2.75, 3.05) is 24.2 Å². The minimum Gasteiger partial charge on any atom is -0.396 e. The average Bonchev–Trinajstić information content (AvgIpc) is 2.61. The van der Waals surface area contributed by atoms with Crippen LogP contribution in [0.4, 0.5) is 10.7 Å². The summed E-state index contributed by atoms with van der Waals surface area (Å²) in [7, 11) is 0. The second-order valence-corrected chi connectivity index (χ2v) is 5.08. The Hall–Kier alpha value is -1.58. The van der Waals surface area contributed by atoms with Crippen molar-refractivity contribution in [3.05, 3.63) is 10.4 Å². The van der Waals surface area contributed by atoms with Crippen LogP contribution in [0.3, 0.4) is 0 Å². The third-order valence-corrected chi connectivity index (χ3v) is 3.48. The van der Waals surface area contributed by atoms with E-state index in [0.29, 0.717) is 28.6 Å². The Bertz CT molecular complexity index is 474. The van der Waals surface area contributed by atoms with Crippen LogP contribution in [0.5, 0.6) is 0 Å². The Morgan fingerprint density at radius 2 is 2.28 bits per heavy atom. The minimum atomic E-state index is -0.125. The molecule has 1 aromatic rings. The van der Waals surface area contributed by atoms with Gasteiger partial charge in [-0.2, -0.15) is 5.26 Å². The smallest absolute Gasteiger partial charge is 0.171 e. The Kier molecular flexibility index (Phi) is 5.13. The van der Waals surface area contributed by atoms with E-state index in [1.165, 1.54) is 18.3 Å². The van der Waals surface area contributed by atoms with Gasteiger partial charge in [0.15, 0.2) is 5.78 Å². The number of nitrogen functional groups attached to an aromatic ring is 1. The van der Waals surface area contributed by atoms with Crippen LogP contribution in [-0.2, 0) is 4.74 Å². The van der Waals surface area contributed by atoms with E-state index >= 15 is 0 Å². The number of ketones is 1. The van der Waals surface area contributed by atoms with Gasteiger partial charge in [0.1, 0.15) is 16.6 Å². The third-order valence-electron chi connectivity index (χ3n) is 2.22. The number of hydrogen-bond acceptors (Lipinski definition) is 6. The van der Waals surface area contributed by atoms with Crippen molar-refractivity contribution in [2.24, 2.45) is 0 Å². The molecule has 18 heavy (non-hydrogen) atoms. The van der Waals surface area contributed by atoms with Crippen LogP contribution in [0.1, 0.15) is 36.0 Å². The molecule has 0 unspecified atom stereocenters. The second kappa shape index (κ2) is 6.38. The highest BCUT2D eigenvalue weighted by atomic mass is 32.1. The summed E-state index contributed by atoms with van der Waals surface area (Å²) < 4.78 is 5.38. The van der Waals surface area contributed by atoms with Gasteiger partial charge in [-0.15, -0.1) is 11.3 Å². The van der Waals surface area contributed by atoms with Gasteiger partial charge in [0.05, 0.1) is 23.3 Å². The summed E-state index contributed by atoms with van der Waals surface area (Å²) in [5.41, 5.74) is 6.37. The van der Waals surface area contributed by atoms with Crippen molar-refractivity contribution in [3.63, 3.8) is 0 Å². The van der Waals surface area contributed by atoms with Gasteiger partial charge in [-0.25, -0.2) is 0 Å². The second-order valence-electron chi connectivity index (χ2n) is 4.06. The van der Waals surface area contributed by atoms with Gasteiger partial charge in [-0.05, 0) is 13.8 Å². The summed E-state index contributed by atoms with van der Waals surface area (Å²) in [5.74, 6) is -0.125. The van der Waals surface area contributed by atoms with Crippen molar-refractivity contribution >= 4 is 27.8 Å². The number of nitrogens with zero attached hydrogens (tertiary/aromatic N) is 1. The molecule has 0 bridgehead atoms. The molecule has 0 atom stereocenters. The van der Waals surface area contributed by atoms with Crippen LogP contribution in [0.15, 0.2) is 0 Å². The summed E-state index contributed by atoms with van der Waals surface area (Å²) in [6.45, 7) is 6.46. The molecule has 0 saturated heterocycles. The van der Waals surface area contributed by atoms with Crippen LogP contribution in [0, 0.1) is 11.3 Å². The van der Waals surface area contributed by atoms with Crippen molar-refractivity contribution in [3.8, 4) is 6.07 Å². The van der Waals surface area contributed by atoms with Crippen molar-refractivity contribution in [2.45, 2.75) is 26.9 Å². The van der Waals surface area contributed by atoms with Gasteiger partial charge in [-0.3, -0.25) is 4.79 Å². The maximum atomic E-state index is 11.3. The first kappa shape index (κ1) is 14.5. The lowest BCUT2D eigenvalue weighted by atomic mass is 10.2. The fourth-order valence-corrected chi connectivity index (χ4v) is 2.39. The molecule has 0 aromatic carbocycles. The summed E-state index contributed by atoms with van der Waals surface area (Å²) in [6, 6.07) is 2.02. The van der Waals surface area contributed by atoms with Crippen molar-refractivity contribution in [1.82, 2.24) is 0 Å². The lowest BCUT2D eigenvalue weighted by Gasteiger charge is -2.08. The van der Waals surface area contributed by atoms with Crippen LogP contribution in [0.25, 0.3) is 0 Å². The number of Topliss-reactive ketones (excluding diaryl/α,β-unsaturated/α-hetero) is 1. The third kappa shape index (κ3) is 3.45. The van der Waals surface area contributed by atoms with E-state index in [4.69, 9.17) is 15.7 Å². The maximum absolute atomic E-state index is 11.3. The first-order chi connectivity index (χ1) is 8.47. The molecule has 98 valence electrons. The number of nitriles is 1. The molecular formula is C12H17N3O2S. The first-order valence-corrected chi connectivity index (χ1v) is 6.47. The Labute approximate surface area is 111 Å². The van der Waals surface area contributed by atoms with E-state index in [1.807, 2.05) is 19.9 Å². The van der Waals surface area contributed by atoms with Gasteiger partial charge >= 0.3 is 0 Å². The molecule has 0 radical (unpaired) electrons. The fraction of sp³-hybridized carbons (Fsp3) is 0.500. The van der Waals surface area contributed by atoms with Crippen LogP contribution >= 0.6 is 11.3 Å². The van der Waals surface area contributed by atoms with E-state index in [0.717, 1.165) is 0 Å². The molecule has 0 spiro atoms. The highest BCUT2D eigenvalue weighted by Gasteiger charge is 2.18. The molecule has 6 heteroatoms. The Morgan fingerprint density at radius 3 is 2.78 bits per heavy atom. The number of thiophene rings is 1. The molecule has 3 N–H and O–H groups in total. The normalized spacial score (nSPS) is 10.4. The number of hydrogen-bond donors (Lipinski definition) is 2. The molecule has 0 aliphatic carbocycles. The molecule has 1 rings (SSSR count). The Morgan fingerprint density at radius 1 is 1.61 bits per heavy atom. The average molecular weight is 267 g/mol. The number of carbonyl (C=O) groups is 1. The van der Waals surface area contributed by atoms with Crippen molar-refractivity contribution < 1.29 is 9.53 Å². The van der Waals surface area contributed by atoms with E-state index in [-0.39, 0.29) is 17.6 Å². The summed E-state index contributed by atoms with van der Waals surface area (Å²) in [5, 5.41) is 12.7. The van der Waals surface area contributed by atoms with E-state index in [1.54, 1.807) is 0 Å². The van der Waals surface area contributed by atoms with E-state index in [9.17, 15) is 4.79 Å². The topological polar surface area (TPSA) is 88.1 Å². The summed E-state index contributed by atoms with van der Waals surface area (Å²) >= 11 is 1.21.